The van der Waals surface area contributed by atoms with Gasteiger partial charge < -0.3 is 0 Å². The van der Waals surface area contributed by atoms with Crippen molar-refractivity contribution in [3.8, 4) is 6.07 Å². The highest BCUT2D eigenvalue weighted by Gasteiger charge is 2.16. The summed E-state index contributed by atoms with van der Waals surface area (Å²) < 4.78 is 33.1. The number of nitrogens with zero attached hydrogens (tertiary/aromatic N) is 1. The molecule has 1 radical (unpaired) electrons. The molecule has 0 heterocycles. The molecule has 3 nitrogen and oxygen atoms in total. The maximum absolute atomic E-state index is 12.4. The molecule has 0 atom stereocenters. The van der Waals surface area contributed by atoms with Gasteiger partial charge in [-0.25, -0.2) is 0 Å². The van der Waals surface area contributed by atoms with Gasteiger partial charge in [-0.3, -0.25) is 0 Å². The fourth-order valence-corrected chi connectivity index (χ4v) is 1.30. The van der Waals surface area contributed by atoms with E-state index in [-0.39, 0.29) is 5.56 Å². The van der Waals surface area contributed by atoms with Crippen LogP contribution in [0.1, 0.15) is 5.56 Å². The van der Waals surface area contributed by atoms with Crippen LogP contribution in [0.4, 0.5) is 3.89 Å². The zero-order valence-electron chi connectivity index (χ0n) is 5.78. The van der Waals surface area contributed by atoms with Crippen LogP contribution in [0.25, 0.3) is 0 Å². The molecule has 1 aromatic rings. The van der Waals surface area contributed by atoms with Gasteiger partial charge in [0.15, 0.2) is 0 Å². The Morgan fingerprint density at radius 3 is 2.67 bits per heavy atom. The summed E-state index contributed by atoms with van der Waals surface area (Å²) in [6.07, 6.45) is 0. The van der Waals surface area contributed by atoms with Crippen molar-refractivity contribution in [1.29, 1.82) is 5.26 Å². The molecule has 61 valence electrons. The van der Waals surface area contributed by atoms with E-state index in [1.165, 1.54) is 18.2 Å². The van der Waals surface area contributed by atoms with E-state index in [4.69, 9.17) is 5.26 Å². The van der Waals surface area contributed by atoms with Crippen molar-refractivity contribution < 1.29 is 12.3 Å². The number of rotatable bonds is 1. The summed E-state index contributed by atoms with van der Waals surface area (Å²) in [4.78, 5) is -0.701. The van der Waals surface area contributed by atoms with Crippen LogP contribution in [0.5, 0.6) is 0 Å². The molecule has 0 fully saturated rings. The topological polar surface area (TPSA) is 57.9 Å². The van der Waals surface area contributed by atoms with Crippen LogP contribution in [0.15, 0.2) is 23.1 Å². The molecular weight excluding hydrogens is 181 g/mol. The molecule has 0 aromatic heterocycles. The monoisotopic (exact) mass is 184 g/mol. The fourth-order valence-electron chi connectivity index (χ4n) is 0.711. The van der Waals surface area contributed by atoms with Gasteiger partial charge in [0.2, 0.25) is 0 Å². The smallest absolute Gasteiger partial charge is 0.192 e. The molecule has 0 saturated carbocycles. The van der Waals surface area contributed by atoms with Crippen molar-refractivity contribution in [3.05, 3.63) is 29.8 Å². The molecule has 0 amide bonds. The van der Waals surface area contributed by atoms with Crippen molar-refractivity contribution in [2.24, 2.45) is 0 Å². The Hall–Kier alpha value is -1.41. The first kappa shape index (κ1) is 8.68. The van der Waals surface area contributed by atoms with Crippen LogP contribution >= 0.6 is 0 Å². The van der Waals surface area contributed by atoms with Crippen LogP contribution in [0.3, 0.4) is 0 Å². The first-order chi connectivity index (χ1) is 5.55. The average Bonchev–Trinajstić information content (AvgIpc) is 2.03. The van der Waals surface area contributed by atoms with E-state index < -0.39 is 15.1 Å². The lowest BCUT2D eigenvalue weighted by Gasteiger charge is -1.94. The molecule has 0 spiro atoms. The highest BCUT2D eigenvalue weighted by Crippen LogP contribution is 2.15. The van der Waals surface area contributed by atoms with E-state index in [0.717, 1.165) is 0 Å². The third-order valence-electron chi connectivity index (χ3n) is 1.18. The Balaban J connectivity index is 3.47. The molecule has 0 aliphatic rings. The summed E-state index contributed by atoms with van der Waals surface area (Å²) in [5.41, 5.74) is -0.236. The molecule has 1 aromatic carbocycles. The second kappa shape index (κ2) is 2.91. The standard InChI is InChI=1S/C7H3FNO2S/c8-12(10,11)7-4-2-1-3-6(7)5-9/h1-3H. The number of benzene rings is 1. The average molecular weight is 184 g/mol. The molecule has 0 N–H and O–H groups in total. The van der Waals surface area contributed by atoms with Gasteiger partial charge in [-0.05, 0) is 6.07 Å². The predicted molar refractivity (Wildman–Crippen MR) is 38.3 cm³/mol. The maximum atomic E-state index is 12.4. The van der Waals surface area contributed by atoms with Gasteiger partial charge in [0.25, 0.3) is 0 Å². The van der Waals surface area contributed by atoms with Crippen LogP contribution in [0.2, 0.25) is 0 Å². The van der Waals surface area contributed by atoms with E-state index in [9.17, 15) is 12.3 Å². The van der Waals surface area contributed by atoms with Gasteiger partial charge in [-0.2, -0.15) is 13.7 Å². The first-order valence-corrected chi connectivity index (χ1v) is 4.29. The molecule has 12 heavy (non-hydrogen) atoms. The van der Waals surface area contributed by atoms with Gasteiger partial charge in [-0.15, -0.1) is 3.89 Å². The summed E-state index contributed by atoms with van der Waals surface area (Å²) in [6.45, 7) is 0. The molecule has 0 bridgehead atoms. The van der Waals surface area contributed by atoms with Crippen LogP contribution < -0.4 is 0 Å². The lowest BCUT2D eigenvalue weighted by Crippen LogP contribution is -1.95. The molecule has 0 aliphatic carbocycles. The summed E-state index contributed by atoms with van der Waals surface area (Å²) in [7, 11) is -4.82. The molecule has 1 rings (SSSR count). The Morgan fingerprint density at radius 1 is 1.58 bits per heavy atom. The third kappa shape index (κ3) is 1.60. The zero-order chi connectivity index (χ0) is 9.19. The number of hydrogen-bond acceptors (Lipinski definition) is 3. The van der Waals surface area contributed by atoms with Crippen molar-refractivity contribution in [1.82, 2.24) is 0 Å². The fraction of sp³-hybridized carbons (Fsp3) is 0. The quantitative estimate of drug-likeness (QED) is 0.612. The van der Waals surface area contributed by atoms with E-state index in [0.29, 0.717) is 0 Å². The normalized spacial score (nSPS) is 10.7. The highest BCUT2D eigenvalue weighted by molar-refractivity contribution is 7.86. The Morgan fingerprint density at radius 2 is 2.25 bits per heavy atom. The summed E-state index contributed by atoms with van der Waals surface area (Å²) in [6, 6.07) is 7.54. The summed E-state index contributed by atoms with van der Waals surface area (Å²) >= 11 is 0. The van der Waals surface area contributed by atoms with E-state index in [1.54, 1.807) is 6.07 Å². The number of hydrogen-bond donors (Lipinski definition) is 0. The van der Waals surface area contributed by atoms with E-state index >= 15 is 0 Å². The van der Waals surface area contributed by atoms with Crippen molar-refractivity contribution >= 4 is 10.2 Å². The van der Waals surface area contributed by atoms with E-state index in [2.05, 4.69) is 6.07 Å². The van der Waals surface area contributed by atoms with Gasteiger partial charge in [-0.1, -0.05) is 12.1 Å². The predicted octanol–water partition coefficient (Wildman–Crippen LogP) is 1.02. The second-order valence-corrected chi connectivity index (χ2v) is 3.25. The maximum Gasteiger partial charge on any atom is 0.334 e. The van der Waals surface area contributed by atoms with Crippen molar-refractivity contribution in [2.75, 3.05) is 0 Å². The minimum absolute atomic E-state index is 0.236. The van der Waals surface area contributed by atoms with Gasteiger partial charge >= 0.3 is 10.2 Å². The van der Waals surface area contributed by atoms with Gasteiger partial charge in [0, 0.05) is 6.07 Å². The van der Waals surface area contributed by atoms with Crippen LogP contribution in [-0.2, 0) is 10.2 Å². The number of halogens is 1. The molecular formula is C7H3FNO2S. The van der Waals surface area contributed by atoms with Crippen LogP contribution in [-0.4, -0.2) is 8.42 Å². The molecule has 0 aliphatic heterocycles. The molecule has 0 saturated heterocycles. The Labute approximate surface area is 69.3 Å². The summed E-state index contributed by atoms with van der Waals surface area (Å²) in [5, 5.41) is 8.38. The van der Waals surface area contributed by atoms with Crippen LogP contribution in [0, 0.1) is 17.4 Å². The van der Waals surface area contributed by atoms with Gasteiger partial charge in [0.1, 0.15) is 11.0 Å². The van der Waals surface area contributed by atoms with Gasteiger partial charge in [0.05, 0.1) is 5.56 Å². The highest BCUT2D eigenvalue weighted by atomic mass is 32.3. The largest absolute Gasteiger partial charge is 0.334 e. The summed E-state index contributed by atoms with van der Waals surface area (Å²) in [5.74, 6) is 0. The lowest BCUT2D eigenvalue weighted by molar-refractivity contribution is 0.551. The minimum Gasteiger partial charge on any atom is -0.192 e. The Bertz CT molecular complexity index is 433. The number of nitriles is 1. The van der Waals surface area contributed by atoms with Crippen molar-refractivity contribution in [2.45, 2.75) is 4.90 Å². The SMILES string of the molecule is N#Cc1ccc[c]c1S(=O)(=O)F. The minimum atomic E-state index is -4.82. The first-order valence-electron chi connectivity index (χ1n) is 2.91. The zero-order valence-corrected chi connectivity index (χ0v) is 6.60. The molecule has 0 unspecified atom stereocenters. The third-order valence-corrected chi connectivity index (χ3v) is 2.01. The Kier molecular flexibility index (Phi) is 2.11. The molecule has 5 heteroatoms. The second-order valence-electron chi connectivity index (χ2n) is 1.96. The van der Waals surface area contributed by atoms with E-state index in [1.807, 2.05) is 0 Å². The lowest BCUT2D eigenvalue weighted by atomic mass is 10.2. The van der Waals surface area contributed by atoms with Crippen molar-refractivity contribution in [3.63, 3.8) is 0 Å².